The molecule has 2 heterocycles. The summed E-state index contributed by atoms with van der Waals surface area (Å²) in [4.78, 5) is 11.5. The monoisotopic (exact) mass is 261 g/mol. The zero-order valence-electron chi connectivity index (χ0n) is 8.92. The number of hydrogen-bond donors (Lipinski definition) is 2. The van der Waals surface area contributed by atoms with Gasteiger partial charge in [0.05, 0.1) is 6.61 Å². The number of nitrogens with one attached hydrogen (secondary N) is 1. The van der Waals surface area contributed by atoms with Crippen LogP contribution in [-0.4, -0.2) is 18.3 Å². The minimum Gasteiger partial charge on any atom is -0.463 e. The lowest BCUT2D eigenvalue weighted by Gasteiger charge is -2.22. The second-order valence-corrected chi connectivity index (χ2v) is 5.17. The SMILES string of the molecule is O=c1cc(CO)occ1OP1(=O)NCCCO1. The second kappa shape index (κ2) is 5.01. The van der Waals surface area contributed by atoms with Crippen LogP contribution in [0.5, 0.6) is 5.75 Å². The number of rotatable bonds is 3. The fourth-order valence-electron chi connectivity index (χ4n) is 1.29. The molecule has 2 rings (SSSR count). The molecule has 1 atom stereocenters. The van der Waals surface area contributed by atoms with E-state index in [1.165, 1.54) is 0 Å². The molecule has 0 amide bonds. The van der Waals surface area contributed by atoms with Gasteiger partial charge in [-0.1, -0.05) is 0 Å². The van der Waals surface area contributed by atoms with Crippen LogP contribution in [0.3, 0.4) is 0 Å². The van der Waals surface area contributed by atoms with Gasteiger partial charge in [-0.25, -0.2) is 9.65 Å². The van der Waals surface area contributed by atoms with Gasteiger partial charge in [0.15, 0.2) is 0 Å². The molecule has 1 aliphatic rings. The number of aliphatic hydroxyl groups is 1. The van der Waals surface area contributed by atoms with Gasteiger partial charge < -0.3 is 14.0 Å². The lowest BCUT2D eigenvalue weighted by atomic mass is 10.4. The molecule has 2 N–H and O–H groups in total. The molecule has 1 fully saturated rings. The van der Waals surface area contributed by atoms with Crippen molar-refractivity contribution in [3.8, 4) is 5.75 Å². The van der Waals surface area contributed by atoms with Crippen LogP contribution < -0.4 is 15.0 Å². The highest BCUT2D eigenvalue weighted by molar-refractivity contribution is 7.52. The van der Waals surface area contributed by atoms with Gasteiger partial charge in [0, 0.05) is 12.6 Å². The number of hydrogen-bond acceptors (Lipinski definition) is 6. The highest BCUT2D eigenvalue weighted by Gasteiger charge is 2.30. The Balaban J connectivity index is 2.18. The highest BCUT2D eigenvalue weighted by Crippen LogP contribution is 2.44. The van der Waals surface area contributed by atoms with Gasteiger partial charge in [-0.05, 0) is 6.42 Å². The summed E-state index contributed by atoms with van der Waals surface area (Å²) in [6, 6.07) is 1.07. The van der Waals surface area contributed by atoms with Crippen LogP contribution in [0.15, 0.2) is 21.5 Å². The Morgan fingerprint density at radius 3 is 3.00 bits per heavy atom. The fraction of sp³-hybridized carbons (Fsp3) is 0.444. The Morgan fingerprint density at radius 2 is 2.41 bits per heavy atom. The molecule has 1 aromatic rings. The Labute approximate surface area is 96.9 Å². The first-order chi connectivity index (χ1) is 8.13. The minimum atomic E-state index is -3.46. The molecule has 0 radical (unpaired) electrons. The van der Waals surface area contributed by atoms with Gasteiger partial charge in [-0.3, -0.25) is 9.32 Å². The van der Waals surface area contributed by atoms with Crippen molar-refractivity contribution in [2.75, 3.05) is 13.2 Å². The minimum absolute atomic E-state index is 0.109. The standard InChI is InChI=1S/C9H12NO6P/c11-5-7-4-8(12)9(6-14-7)16-17(13)10-2-1-3-15-17/h4,6,11H,1-3,5H2,(H,10,13). The van der Waals surface area contributed by atoms with Gasteiger partial charge in [-0.2, -0.15) is 0 Å². The molecule has 1 aliphatic heterocycles. The van der Waals surface area contributed by atoms with E-state index in [-0.39, 0.29) is 18.1 Å². The van der Waals surface area contributed by atoms with E-state index in [4.69, 9.17) is 18.6 Å². The fourth-order valence-corrected chi connectivity index (χ4v) is 2.70. The first-order valence-electron chi connectivity index (χ1n) is 5.05. The maximum absolute atomic E-state index is 11.9. The van der Waals surface area contributed by atoms with E-state index in [0.717, 1.165) is 18.8 Å². The molecule has 1 unspecified atom stereocenters. The van der Waals surface area contributed by atoms with Crippen LogP contribution in [0.1, 0.15) is 12.2 Å². The lowest BCUT2D eigenvalue weighted by molar-refractivity contribution is 0.225. The molecule has 1 aromatic heterocycles. The molecule has 94 valence electrons. The summed E-state index contributed by atoms with van der Waals surface area (Å²) in [5, 5.41) is 11.3. The van der Waals surface area contributed by atoms with Crippen molar-refractivity contribution in [1.29, 1.82) is 0 Å². The largest absolute Gasteiger partial charge is 0.463 e. The van der Waals surface area contributed by atoms with E-state index in [0.29, 0.717) is 13.2 Å². The molecule has 0 aromatic carbocycles. The summed E-state index contributed by atoms with van der Waals surface area (Å²) in [5.74, 6) is -0.0990. The van der Waals surface area contributed by atoms with Crippen LogP contribution in [0.2, 0.25) is 0 Å². The van der Waals surface area contributed by atoms with E-state index in [1.807, 2.05) is 0 Å². The van der Waals surface area contributed by atoms with Crippen molar-refractivity contribution in [3.63, 3.8) is 0 Å². The van der Waals surface area contributed by atoms with Crippen LogP contribution in [0.4, 0.5) is 0 Å². The molecule has 8 heteroatoms. The van der Waals surface area contributed by atoms with Crippen LogP contribution in [0, 0.1) is 0 Å². The van der Waals surface area contributed by atoms with Gasteiger partial charge in [0.25, 0.3) is 0 Å². The zero-order valence-corrected chi connectivity index (χ0v) is 9.81. The summed E-state index contributed by atoms with van der Waals surface area (Å²) in [5.41, 5.74) is -0.522. The summed E-state index contributed by atoms with van der Waals surface area (Å²) >= 11 is 0. The number of aliphatic hydroxyl groups excluding tert-OH is 1. The van der Waals surface area contributed by atoms with Gasteiger partial charge >= 0.3 is 7.75 Å². The second-order valence-electron chi connectivity index (χ2n) is 3.42. The maximum atomic E-state index is 11.9. The molecular weight excluding hydrogens is 249 g/mol. The van der Waals surface area contributed by atoms with Crippen molar-refractivity contribution in [2.45, 2.75) is 13.0 Å². The van der Waals surface area contributed by atoms with Crippen molar-refractivity contribution in [3.05, 3.63) is 28.3 Å². The topological polar surface area (TPSA) is 98.0 Å². The summed E-state index contributed by atoms with van der Waals surface area (Å²) in [6.07, 6.45) is 1.73. The third kappa shape index (κ3) is 2.95. The van der Waals surface area contributed by atoms with Gasteiger partial charge in [0.1, 0.15) is 18.6 Å². The quantitative estimate of drug-likeness (QED) is 0.770. The third-order valence-electron chi connectivity index (χ3n) is 2.11. The zero-order chi connectivity index (χ0) is 12.3. The Kier molecular flexibility index (Phi) is 3.63. The lowest BCUT2D eigenvalue weighted by Crippen LogP contribution is -2.25. The summed E-state index contributed by atoms with van der Waals surface area (Å²) in [6.45, 7) is 0.420. The molecule has 7 nitrogen and oxygen atoms in total. The van der Waals surface area contributed by atoms with Crippen molar-refractivity contribution < 1.29 is 23.1 Å². The summed E-state index contributed by atoms with van der Waals surface area (Å²) < 4.78 is 26.8. The highest BCUT2D eigenvalue weighted by atomic mass is 31.2. The van der Waals surface area contributed by atoms with Crippen LogP contribution in [-0.2, 0) is 15.7 Å². The first kappa shape index (κ1) is 12.3. The molecule has 0 aliphatic carbocycles. The predicted octanol–water partition coefficient (Wildman–Crippen LogP) is 0.629. The first-order valence-corrected chi connectivity index (χ1v) is 6.59. The van der Waals surface area contributed by atoms with Crippen molar-refractivity contribution >= 4 is 7.75 Å². The van der Waals surface area contributed by atoms with E-state index < -0.39 is 13.2 Å². The maximum Gasteiger partial charge on any atom is 0.458 e. The Bertz CT molecular complexity index is 489. The van der Waals surface area contributed by atoms with Gasteiger partial charge in [0.2, 0.25) is 11.2 Å². The Hall–Kier alpha value is -1.14. The Morgan fingerprint density at radius 1 is 1.59 bits per heavy atom. The van der Waals surface area contributed by atoms with Crippen molar-refractivity contribution in [2.24, 2.45) is 0 Å². The van der Waals surface area contributed by atoms with Crippen LogP contribution in [0.25, 0.3) is 0 Å². The van der Waals surface area contributed by atoms with E-state index >= 15 is 0 Å². The molecule has 0 spiro atoms. The van der Waals surface area contributed by atoms with E-state index in [1.54, 1.807) is 0 Å². The average molecular weight is 261 g/mol. The molecule has 0 saturated carbocycles. The normalized spacial score (nSPS) is 24.5. The predicted molar refractivity (Wildman–Crippen MR) is 57.7 cm³/mol. The van der Waals surface area contributed by atoms with E-state index in [9.17, 15) is 9.36 Å². The molecule has 0 bridgehead atoms. The summed E-state index contributed by atoms with van der Waals surface area (Å²) in [7, 11) is -3.46. The average Bonchev–Trinajstić information content (AvgIpc) is 2.32. The molecular formula is C9H12NO6P. The molecule has 1 saturated heterocycles. The molecule has 17 heavy (non-hydrogen) atoms. The smallest absolute Gasteiger partial charge is 0.458 e. The van der Waals surface area contributed by atoms with Gasteiger partial charge in [-0.15, -0.1) is 0 Å². The third-order valence-corrected chi connectivity index (χ3v) is 3.68. The van der Waals surface area contributed by atoms with E-state index in [2.05, 4.69) is 5.09 Å². The van der Waals surface area contributed by atoms with Crippen LogP contribution >= 0.6 is 7.75 Å². The van der Waals surface area contributed by atoms with Crippen molar-refractivity contribution in [1.82, 2.24) is 5.09 Å².